The lowest BCUT2D eigenvalue weighted by molar-refractivity contribution is -0.369. The summed E-state index contributed by atoms with van der Waals surface area (Å²) in [6.45, 7) is -4.57. The highest BCUT2D eigenvalue weighted by Gasteiger charge is 2.59. The Morgan fingerprint density at radius 3 is 1.40 bits per heavy atom. The van der Waals surface area contributed by atoms with Crippen molar-refractivity contribution in [2.45, 2.75) is 123 Å². The van der Waals surface area contributed by atoms with E-state index in [4.69, 9.17) is 42.3 Å². The predicted octanol–water partition coefficient (Wildman–Crippen LogP) is -11.5. The van der Waals surface area contributed by atoms with Gasteiger partial charge < -0.3 is 74.0 Å². The van der Waals surface area contributed by atoms with Gasteiger partial charge in [0, 0.05) is 0 Å². The van der Waals surface area contributed by atoms with Gasteiger partial charge in [-0.1, -0.05) is 0 Å². The van der Waals surface area contributed by atoms with Gasteiger partial charge in [0.25, 0.3) is 0 Å². The lowest BCUT2D eigenvalue weighted by Crippen LogP contribution is -2.71. The first-order valence-corrected chi connectivity index (χ1v) is 26.6. The van der Waals surface area contributed by atoms with E-state index in [1.807, 2.05) is 0 Å². The number of aliphatic carboxylic acids is 1. The number of aliphatic hydroxyl groups is 7. The molecule has 0 spiro atoms. The molecule has 4 saturated heterocycles. The zero-order valence-electron chi connectivity index (χ0n) is 33.7. The molecule has 70 heavy (non-hydrogen) atoms. The van der Waals surface area contributed by atoms with E-state index >= 15 is 0 Å². The maximum atomic E-state index is 12.6. The Morgan fingerprint density at radius 1 is 0.457 bits per heavy atom. The van der Waals surface area contributed by atoms with Crippen molar-refractivity contribution < 1.29 is 173 Å². The highest BCUT2D eigenvalue weighted by Crippen LogP contribution is 2.37. The molecular weight excluding hydrogens is 1120 g/mol. The third kappa shape index (κ3) is 17.1. The smallest absolute Gasteiger partial charge is 0.397 e. The Morgan fingerprint density at radius 2 is 0.914 bits per heavy atom. The maximum Gasteiger partial charge on any atom is 0.397 e. The van der Waals surface area contributed by atoms with Crippen molar-refractivity contribution in [1.82, 2.24) is 9.44 Å². The molecule has 0 aromatic rings. The van der Waals surface area contributed by atoms with Gasteiger partial charge in [-0.15, -0.1) is 0 Å². The number of nitrogens with one attached hydrogen (secondary N) is 2. The second-order valence-electron chi connectivity index (χ2n) is 14.5. The molecule has 412 valence electrons. The Balaban J connectivity index is 1.79. The molecule has 0 radical (unpaired) electrons. The standard InChI is InChI=1S/C24H42N2O38S6/c27-1-4-14(13(32)18(21(35)56-4)64-70(51,52)53)59-23-8(26-66(39,40)41)16(63-69(48,49)50)15(6(58-23)3-55-68(45,46)47)60-24-12(31)11(30)17(19(62-24)20(33)34)61-22-7(25-65(36,37)38)10(29)9(28)5(57-22)2-54-67(42,43)44/h4-19,21-32,35H,1-3H2,(H,33,34)(H,36,37,38)(H,39,40,41)(H,42,43,44)(H,45,46,47)(H,48,49,50)(H,51,52,53)/t4-,5+,6+,7+,8+,9+,10+,11+,12+,13-,14+,15+,16+,17-,18+,19-,21?,22+,23+,24+/m0/s1. The van der Waals surface area contributed by atoms with Gasteiger partial charge in [0.05, 0.1) is 19.8 Å². The average Bonchev–Trinajstić information content (AvgIpc) is 3.17. The molecule has 4 fully saturated rings. The van der Waals surface area contributed by atoms with Crippen LogP contribution in [-0.4, -0.2) is 267 Å². The minimum Gasteiger partial charge on any atom is -0.479 e. The van der Waals surface area contributed by atoms with Crippen LogP contribution in [0.4, 0.5) is 0 Å². The second-order valence-corrected chi connectivity index (χ2v) is 21.1. The van der Waals surface area contributed by atoms with Gasteiger partial charge in [-0.2, -0.15) is 60.0 Å². The molecule has 4 aliphatic rings. The maximum absolute atomic E-state index is 12.6. The van der Waals surface area contributed by atoms with Crippen LogP contribution in [0.5, 0.6) is 0 Å². The number of rotatable bonds is 22. The molecule has 4 rings (SSSR count). The van der Waals surface area contributed by atoms with E-state index in [0.717, 1.165) is 0 Å². The van der Waals surface area contributed by atoms with Gasteiger partial charge in [-0.05, 0) is 0 Å². The van der Waals surface area contributed by atoms with Gasteiger partial charge in [0.2, 0.25) is 0 Å². The second kappa shape index (κ2) is 22.9. The van der Waals surface area contributed by atoms with Crippen molar-refractivity contribution in [2.24, 2.45) is 0 Å². The number of aliphatic hydroxyl groups excluding tert-OH is 7. The van der Waals surface area contributed by atoms with E-state index in [-0.39, 0.29) is 0 Å². The Hall–Kier alpha value is -1.87. The van der Waals surface area contributed by atoms with Crippen LogP contribution in [0.3, 0.4) is 0 Å². The average molecular weight is 1160 g/mol. The fourth-order valence-electron chi connectivity index (χ4n) is 6.89. The zero-order valence-corrected chi connectivity index (χ0v) is 38.6. The van der Waals surface area contributed by atoms with Gasteiger partial charge in [0.15, 0.2) is 37.4 Å². The van der Waals surface area contributed by atoms with Gasteiger partial charge in [-0.3, -0.25) is 27.3 Å². The summed E-state index contributed by atoms with van der Waals surface area (Å²) in [5, 5.41) is 84.7. The van der Waals surface area contributed by atoms with Crippen LogP contribution >= 0.6 is 0 Å². The SMILES string of the molecule is O=C(O)[C@H]1O[C@@H](O[C@H]2[C@H](OS(=O)(=O)O)[C@@H](NS(=O)(=O)O)[C@@H](O[C@H]3[C@H](O)[C@@H](OS(=O)(=O)O)C(O)O[C@H]3CO)O[C@@H]2COS(=O)(=O)O)[C@H](O)[C@@H](O)[C@@H]1O[C@H]1O[C@H](COS(=O)(=O)O)[C@@H](O)[C@H](O)[C@H]1NS(=O)(=O)O. The predicted molar refractivity (Wildman–Crippen MR) is 201 cm³/mol. The summed E-state index contributed by atoms with van der Waals surface area (Å²) >= 11 is 0. The molecule has 4 aliphatic heterocycles. The monoisotopic (exact) mass is 1160 g/mol. The van der Waals surface area contributed by atoms with Crippen molar-refractivity contribution in [3.63, 3.8) is 0 Å². The van der Waals surface area contributed by atoms with Crippen molar-refractivity contribution >= 4 is 68.2 Å². The van der Waals surface area contributed by atoms with Crippen LogP contribution in [0.25, 0.3) is 0 Å². The number of carbonyl (C=O) groups is 1. The van der Waals surface area contributed by atoms with Crippen molar-refractivity contribution in [2.75, 3.05) is 19.8 Å². The van der Waals surface area contributed by atoms with Crippen molar-refractivity contribution in [3.8, 4) is 0 Å². The van der Waals surface area contributed by atoms with Gasteiger partial charge >= 0.3 is 68.2 Å². The summed E-state index contributed by atoms with van der Waals surface area (Å²) in [4.78, 5) is 12.6. The van der Waals surface area contributed by atoms with Gasteiger partial charge in [-0.25, -0.2) is 21.5 Å². The van der Waals surface area contributed by atoms with Crippen molar-refractivity contribution in [3.05, 3.63) is 0 Å². The Bertz CT molecular complexity index is 2490. The molecule has 0 aromatic carbocycles. The summed E-state index contributed by atoms with van der Waals surface area (Å²) in [6, 6.07) is -5.39. The summed E-state index contributed by atoms with van der Waals surface area (Å²) in [5.41, 5.74) is 0. The molecular formula is C24H42N2O38S6. The molecule has 0 aliphatic carbocycles. The Kier molecular flexibility index (Phi) is 19.9. The van der Waals surface area contributed by atoms with Crippen LogP contribution < -0.4 is 9.44 Å². The molecule has 4 heterocycles. The molecule has 0 amide bonds. The van der Waals surface area contributed by atoms with Crippen LogP contribution in [0.1, 0.15) is 0 Å². The summed E-state index contributed by atoms with van der Waals surface area (Å²) in [7, 11) is -34.1. The van der Waals surface area contributed by atoms with E-state index in [9.17, 15) is 114 Å². The summed E-state index contributed by atoms with van der Waals surface area (Å²) in [6.07, 6.45) is -47.9. The number of hydrogen-bond donors (Lipinski definition) is 16. The first-order valence-electron chi connectivity index (χ1n) is 18.2. The highest BCUT2D eigenvalue weighted by molar-refractivity contribution is 7.84. The number of ether oxygens (including phenoxy) is 7. The van der Waals surface area contributed by atoms with Crippen LogP contribution in [0.15, 0.2) is 0 Å². The molecule has 20 atom stereocenters. The molecule has 16 N–H and O–H groups in total. The van der Waals surface area contributed by atoms with E-state index in [1.165, 1.54) is 9.44 Å². The van der Waals surface area contributed by atoms with E-state index in [1.54, 1.807) is 0 Å². The number of carboxylic acids is 1. The molecule has 0 aromatic heterocycles. The van der Waals surface area contributed by atoms with E-state index < -0.39 is 211 Å². The minimum atomic E-state index is -6.11. The van der Waals surface area contributed by atoms with Crippen LogP contribution in [0.2, 0.25) is 0 Å². The first kappa shape index (κ1) is 60.7. The first-order chi connectivity index (χ1) is 31.7. The third-order valence-electron chi connectivity index (χ3n) is 9.62. The minimum absolute atomic E-state index is 1.23. The largest absolute Gasteiger partial charge is 0.479 e. The van der Waals surface area contributed by atoms with Gasteiger partial charge in [0.1, 0.15) is 85.3 Å². The lowest BCUT2D eigenvalue weighted by atomic mass is 9.94. The highest BCUT2D eigenvalue weighted by atomic mass is 32.3. The molecule has 40 nitrogen and oxygen atoms in total. The Labute approximate surface area is 392 Å². The van der Waals surface area contributed by atoms with E-state index in [2.05, 4.69) is 16.7 Å². The summed E-state index contributed by atoms with van der Waals surface area (Å²) in [5.74, 6) is -2.30. The zero-order chi connectivity index (χ0) is 53.4. The van der Waals surface area contributed by atoms with Crippen molar-refractivity contribution in [1.29, 1.82) is 0 Å². The van der Waals surface area contributed by atoms with E-state index in [0.29, 0.717) is 0 Å². The third-order valence-corrected chi connectivity index (χ3v) is 12.6. The van der Waals surface area contributed by atoms with Crippen LogP contribution in [-0.2, 0) is 117 Å². The molecule has 0 bridgehead atoms. The fourth-order valence-corrected chi connectivity index (χ4v) is 9.69. The summed E-state index contributed by atoms with van der Waals surface area (Å²) < 4.78 is 254. The fraction of sp³-hybridized carbons (Fsp3) is 0.958. The number of carboxylic acid groups (broad SMARTS) is 1. The lowest BCUT2D eigenvalue weighted by Gasteiger charge is -2.50. The number of hydrogen-bond acceptors (Lipinski definition) is 31. The topological polar surface area (TPSA) is 631 Å². The molecule has 0 saturated carbocycles. The normalized spacial score (nSPS) is 39.6. The molecule has 1 unspecified atom stereocenters. The molecule has 46 heteroatoms. The van der Waals surface area contributed by atoms with Crippen LogP contribution in [0, 0.1) is 0 Å². The quantitative estimate of drug-likeness (QED) is 0.0448.